The molecule has 24 heavy (non-hydrogen) atoms. The van der Waals surface area contributed by atoms with E-state index in [4.69, 9.17) is 10.00 Å². The molecule has 0 spiro atoms. The summed E-state index contributed by atoms with van der Waals surface area (Å²) in [5.41, 5.74) is 4.12. The zero-order chi connectivity index (χ0) is 16.8. The van der Waals surface area contributed by atoms with Crippen LogP contribution in [0.5, 0.6) is 5.75 Å². The topological polar surface area (TPSA) is 74.5 Å². The fraction of sp³-hybridized carbons (Fsp3) is 0.526. The Kier molecular flexibility index (Phi) is 5.47. The molecule has 0 heterocycles. The maximum Gasteiger partial charge on any atom is 0.277 e. The summed E-state index contributed by atoms with van der Waals surface area (Å²) in [6.07, 6.45) is 8.55. The van der Waals surface area contributed by atoms with Gasteiger partial charge in [0.1, 0.15) is 11.8 Å². The van der Waals surface area contributed by atoms with E-state index in [1.165, 1.54) is 32.1 Å². The summed E-state index contributed by atoms with van der Waals surface area (Å²) in [5, 5.41) is 13.3. The van der Waals surface area contributed by atoms with Crippen molar-refractivity contribution in [3.05, 3.63) is 29.8 Å². The minimum atomic E-state index is -0.291. The van der Waals surface area contributed by atoms with Crippen LogP contribution in [0.4, 0.5) is 0 Å². The number of hydrogen-bond acceptors (Lipinski definition) is 4. The third-order valence-corrected chi connectivity index (χ3v) is 5.07. The van der Waals surface area contributed by atoms with Gasteiger partial charge in [0.05, 0.1) is 5.56 Å². The summed E-state index contributed by atoms with van der Waals surface area (Å²) in [4.78, 5) is 11.9. The molecule has 1 aromatic carbocycles. The van der Waals surface area contributed by atoms with Gasteiger partial charge in [-0.25, -0.2) is 5.43 Å². The van der Waals surface area contributed by atoms with Gasteiger partial charge >= 0.3 is 0 Å². The quantitative estimate of drug-likeness (QED) is 0.862. The number of nitriles is 1. The monoisotopic (exact) mass is 325 g/mol. The van der Waals surface area contributed by atoms with Crippen LogP contribution >= 0.6 is 0 Å². The average molecular weight is 325 g/mol. The molecule has 2 saturated carbocycles. The first-order valence-corrected chi connectivity index (χ1v) is 8.72. The summed E-state index contributed by atoms with van der Waals surface area (Å²) in [7, 11) is 0. The molecule has 0 aromatic heterocycles. The van der Waals surface area contributed by atoms with Crippen LogP contribution in [0.25, 0.3) is 0 Å². The van der Waals surface area contributed by atoms with Crippen molar-refractivity contribution in [3.63, 3.8) is 0 Å². The maximum atomic E-state index is 11.9. The van der Waals surface area contributed by atoms with Gasteiger partial charge in [-0.1, -0.05) is 31.4 Å². The van der Waals surface area contributed by atoms with Crippen LogP contribution in [0.3, 0.4) is 0 Å². The number of para-hydroxylation sites is 1. The molecule has 1 aromatic rings. The molecule has 0 aliphatic heterocycles. The number of carbonyl (C=O) groups excluding carboxylic acids is 1. The number of hydrazone groups is 1. The average Bonchev–Trinajstić information content (AvgIpc) is 2.64. The Bertz CT molecular complexity index is 663. The van der Waals surface area contributed by atoms with Gasteiger partial charge in [-0.15, -0.1) is 0 Å². The first kappa shape index (κ1) is 16.5. The smallest absolute Gasteiger partial charge is 0.277 e. The van der Waals surface area contributed by atoms with E-state index in [-0.39, 0.29) is 12.5 Å². The predicted octanol–water partition coefficient (Wildman–Crippen LogP) is 3.40. The van der Waals surface area contributed by atoms with Crippen molar-refractivity contribution < 1.29 is 9.53 Å². The Balaban J connectivity index is 1.48. The summed E-state index contributed by atoms with van der Waals surface area (Å²) >= 11 is 0. The summed E-state index contributed by atoms with van der Waals surface area (Å²) in [5.74, 6) is 1.74. The lowest BCUT2D eigenvalue weighted by Crippen LogP contribution is -2.31. The van der Waals surface area contributed by atoms with Gasteiger partial charge in [0.15, 0.2) is 6.61 Å². The fourth-order valence-corrected chi connectivity index (χ4v) is 3.79. The van der Waals surface area contributed by atoms with Gasteiger partial charge in [0.25, 0.3) is 5.91 Å². The molecule has 0 radical (unpaired) electrons. The van der Waals surface area contributed by atoms with Crippen molar-refractivity contribution in [3.8, 4) is 11.8 Å². The second-order valence-corrected chi connectivity index (χ2v) is 6.66. The van der Waals surface area contributed by atoms with Crippen LogP contribution < -0.4 is 10.2 Å². The molecule has 2 aliphatic rings. The Morgan fingerprint density at radius 2 is 2.04 bits per heavy atom. The third kappa shape index (κ3) is 4.14. The van der Waals surface area contributed by atoms with Crippen LogP contribution in [0, 0.1) is 23.2 Å². The largest absolute Gasteiger partial charge is 0.482 e. The Hall–Kier alpha value is -2.35. The zero-order valence-corrected chi connectivity index (χ0v) is 13.8. The molecule has 3 rings (SSSR count). The van der Waals surface area contributed by atoms with E-state index in [0.29, 0.717) is 11.3 Å². The Morgan fingerprint density at radius 1 is 1.25 bits per heavy atom. The van der Waals surface area contributed by atoms with Crippen LogP contribution in [-0.2, 0) is 4.79 Å². The minimum Gasteiger partial charge on any atom is -0.482 e. The van der Waals surface area contributed by atoms with Crippen molar-refractivity contribution in [1.29, 1.82) is 5.26 Å². The van der Waals surface area contributed by atoms with Gasteiger partial charge in [0, 0.05) is 5.71 Å². The first-order valence-electron chi connectivity index (χ1n) is 8.72. The van der Waals surface area contributed by atoms with E-state index in [2.05, 4.69) is 10.5 Å². The van der Waals surface area contributed by atoms with Gasteiger partial charge < -0.3 is 4.74 Å². The highest BCUT2D eigenvalue weighted by Gasteiger charge is 2.30. The van der Waals surface area contributed by atoms with E-state index in [9.17, 15) is 4.79 Å². The molecule has 5 heteroatoms. The second kappa shape index (κ2) is 7.96. The number of nitrogens with one attached hydrogen (secondary N) is 1. The van der Waals surface area contributed by atoms with Crippen LogP contribution in [-0.4, -0.2) is 18.2 Å². The van der Waals surface area contributed by atoms with E-state index >= 15 is 0 Å². The number of amides is 1. The standard InChI is InChI=1S/C19H23N3O2/c20-12-16-7-3-4-8-18(16)24-13-19(23)22-21-17-10-9-14-5-1-2-6-15(14)11-17/h3-4,7-8,14-15H,1-2,5-6,9-11,13H2,(H,22,23)/b21-17+/t14-,15-/m0/s1. The second-order valence-electron chi connectivity index (χ2n) is 6.66. The highest BCUT2D eigenvalue weighted by Crippen LogP contribution is 2.39. The first-order chi connectivity index (χ1) is 11.8. The Morgan fingerprint density at radius 3 is 2.88 bits per heavy atom. The summed E-state index contributed by atoms with van der Waals surface area (Å²) in [6.45, 7) is -0.137. The van der Waals surface area contributed by atoms with Gasteiger partial charge in [-0.3, -0.25) is 4.79 Å². The molecular weight excluding hydrogens is 302 g/mol. The molecule has 1 amide bonds. The molecule has 2 aliphatic carbocycles. The molecule has 1 N–H and O–H groups in total. The van der Waals surface area contributed by atoms with Gasteiger partial charge in [-0.05, 0) is 49.7 Å². The normalized spacial score (nSPS) is 24.7. The van der Waals surface area contributed by atoms with E-state index in [1.54, 1.807) is 24.3 Å². The van der Waals surface area contributed by atoms with Crippen molar-refractivity contribution in [1.82, 2.24) is 5.43 Å². The number of hydrogen-bond donors (Lipinski definition) is 1. The minimum absolute atomic E-state index is 0.137. The lowest BCUT2D eigenvalue weighted by molar-refractivity contribution is -0.123. The molecule has 2 atom stereocenters. The summed E-state index contributed by atoms with van der Waals surface area (Å²) < 4.78 is 5.41. The number of benzene rings is 1. The number of fused-ring (bicyclic) bond motifs is 1. The third-order valence-electron chi connectivity index (χ3n) is 5.07. The molecule has 0 saturated heterocycles. The van der Waals surface area contributed by atoms with Crippen molar-refractivity contribution in [2.75, 3.05) is 6.61 Å². The molecule has 0 unspecified atom stereocenters. The number of carbonyl (C=O) groups is 1. The molecular formula is C19H23N3O2. The molecule has 0 bridgehead atoms. The van der Waals surface area contributed by atoms with Crippen LogP contribution in [0.15, 0.2) is 29.4 Å². The molecule has 5 nitrogen and oxygen atoms in total. The Labute approximate surface area is 142 Å². The zero-order valence-electron chi connectivity index (χ0n) is 13.8. The van der Waals surface area contributed by atoms with E-state index in [1.807, 2.05) is 6.07 Å². The van der Waals surface area contributed by atoms with Crippen molar-refractivity contribution in [2.45, 2.75) is 44.9 Å². The molecule has 2 fully saturated rings. The SMILES string of the molecule is N#Cc1ccccc1OCC(=O)N/N=C1\CC[C@@H]2CCCC[C@H]2C1. The lowest BCUT2D eigenvalue weighted by Gasteiger charge is -2.35. The number of ether oxygens (including phenoxy) is 1. The van der Waals surface area contributed by atoms with Crippen molar-refractivity contribution in [2.24, 2.45) is 16.9 Å². The van der Waals surface area contributed by atoms with E-state index < -0.39 is 0 Å². The van der Waals surface area contributed by atoms with Gasteiger partial charge in [0.2, 0.25) is 0 Å². The molecule has 126 valence electrons. The highest BCUT2D eigenvalue weighted by atomic mass is 16.5. The maximum absolute atomic E-state index is 11.9. The number of nitrogens with zero attached hydrogens (tertiary/aromatic N) is 2. The highest BCUT2D eigenvalue weighted by molar-refractivity contribution is 5.87. The number of rotatable bonds is 4. The van der Waals surface area contributed by atoms with Gasteiger partial charge in [-0.2, -0.15) is 10.4 Å². The predicted molar refractivity (Wildman–Crippen MR) is 91.5 cm³/mol. The fourth-order valence-electron chi connectivity index (χ4n) is 3.79. The van der Waals surface area contributed by atoms with E-state index in [0.717, 1.165) is 30.4 Å². The van der Waals surface area contributed by atoms with Crippen LogP contribution in [0.1, 0.15) is 50.5 Å². The summed E-state index contributed by atoms with van der Waals surface area (Å²) in [6, 6.07) is 8.93. The van der Waals surface area contributed by atoms with Crippen LogP contribution in [0.2, 0.25) is 0 Å². The van der Waals surface area contributed by atoms with Crippen molar-refractivity contribution >= 4 is 11.6 Å². The lowest BCUT2D eigenvalue weighted by atomic mass is 9.70.